The van der Waals surface area contributed by atoms with E-state index >= 15 is 0 Å². The van der Waals surface area contributed by atoms with Crippen LogP contribution in [0.5, 0.6) is 0 Å². The topological polar surface area (TPSA) is 115 Å². The summed E-state index contributed by atoms with van der Waals surface area (Å²) in [6.45, 7) is 8.57. The van der Waals surface area contributed by atoms with Gasteiger partial charge in [-0.2, -0.15) is 10.1 Å². The van der Waals surface area contributed by atoms with Crippen LogP contribution in [-0.2, 0) is 9.53 Å². The van der Waals surface area contributed by atoms with E-state index < -0.39 is 11.8 Å². The summed E-state index contributed by atoms with van der Waals surface area (Å²) in [5, 5.41) is 11.3. The number of ether oxygens (including phenoxy) is 1. The molecule has 11 heteroatoms. The number of amides is 1. The summed E-state index contributed by atoms with van der Waals surface area (Å²) < 4.78 is 25.7. The molecular weight excluding hydrogens is 503 g/mol. The monoisotopic (exact) mass is 532 g/mol. The summed E-state index contributed by atoms with van der Waals surface area (Å²) in [6.07, 6.45) is 2.80. The Bertz CT molecular complexity index is 1580. The molecule has 1 saturated heterocycles. The first-order chi connectivity index (χ1) is 18.6. The third-order valence-electron chi connectivity index (χ3n) is 6.95. The molecule has 1 aromatic carbocycles. The molecule has 2 aliphatic rings. The first-order valence-electron chi connectivity index (χ1n) is 12.9. The lowest BCUT2D eigenvalue weighted by atomic mass is 9.99. The number of carbonyl (C=O) groups excluding carboxylic acids is 2. The molecule has 10 nitrogen and oxygen atoms in total. The first kappa shape index (κ1) is 25.0. The predicted molar refractivity (Wildman–Crippen MR) is 141 cm³/mol. The van der Waals surface area contributed by atoms with E-state index in [4.69, 9.17) is 9.26 Å². The summed E-state index contributed by atoms with van der Waals surface area (Å²) in [6, 6.07) is 9.27. The number of benzene rings is 1. The van der Waals surface area contributed by atoms with Gasteiger partial charge in [-0.3, -0.25) is 9.59 Å². The average Bonchev–Trinajstić information content (AvgIpc) is 3.22. The number of alkyl halides is 1. The maximum absolute atomic E-state index is 13.4. The largest absolute Gasteiger partial charge is 0.460 e. The predicted octanol–water partition coefficient (Wildman–Crippen LogP) is 4.55. The number of halogens is 1. The van der Waals surface area contributed by atoms with E-state index in [2.05, 4.69) is 25.5 Å². The molecule has 202 valence electrons. The van der Waals surface area contributed by atoms with Crippen LogP contribution < -0.4 is 10.2 Å². The molecule has 1 N–H and O–H groups in total. The van der Waals surface area contributed by atoms with Gasteiger partial charge in [0.05, 0.1) is 29.1 Å². The van der Waals surface area contributed by atoms with Crippen molar-refractivity contribution in [2.45, 2.75) is 51.8 Å². The highest BCUT2D eigenvalue weighted by atomic mass is 19.1. The Labute approximate surface area is 224 Å². The van der Waals surface area contributed by atoms with E-state index in [0.717, 1.165) is 11.3 Å². The van der Waals surface area contributed by atoms with Crippen LogP contribution in [0.4, 0.5) is 15.8 Å². The van der Waals surface area contributed by atoms with E-state index in [-0.39, 0.29) is 23.7 Å². The second kappa shape index (κ2) is 9.18. The number of hydrogen-bond acceptors (Lipinski definition) is 8. The first-order valence-corrected chi connectivity index (χ1v) is 12.9. The number of aromatic nitrogens is 4. The van der Waals surface area contributed by atoms with Crippen molar-refractivity contribution in [3.8, 4) is 11.4 Å². The molecule has 0 unspecified atom stereocenters. The molecule has 4 heterocycles. The summed E-state index contributed by atoms with van der Waals surface area (Å²) >= 11 is 0. The maximum atomic E-state index is 13.4. The Morgan fingerprint density at radius 1 is 1.18 bits per heavy atom. The smallest absolute Gasteiger partial charge is 0.313 e. The number of esters is 1. The van der Waals surface area contributed by atoms with Crippen molar-refractivity contribution < 1.29 is 23.2 Å². The van der Waals surface area contributed by atoms with Crippen molar-refractivity contribution in [1.82, 2.24) is 19.8 Å². The van der Waals surface area contributed by atoms with E-state index in [1.165, 1.54) is 6.20 Å². The molecular formula is C28H29FN6O4. The van der Waals surface area contributed by atoms with Crippen LogP contribution in [0.15, 0.2) is 47.2 Å². The Balaban J connectivity index is 1.18. The molecule has 0 spiro atoms. The SMILES string of the molecule is Cc1ccc(-c2noc([C@H]3C[C@@H]3F)n2)cc1NC(=O)c1cnn2ccc(N3CC(C(=O)OC(C)(C)C)C3)cc12. The summed E-state index contributed by atoms with van der Waals surface area (Å²) in [5.74, 6) is -0.371. The maximum Gasteiger partial charge on any atom is 0.313 e. The molecule has 1 aliphatic heterocycles. The second-order valence-corrected chi connectivity index (χ2v) is 11.2. The minimum absolute atomic E-state index is 0.179. The third kappa shape index (κ3) is 4.96. The quantitative estimate of drug-likeness (QED) is 0.360. The fraction of sp³-hybridized carbons (Fsp3) is 0.393. The zero-order valence-corrected chi connectivity index (χ0v) is 22.1. The van der Waals surface area contributed by atoms with Crippen LogP contribution in [0.1, 0.15) is 54.9 Å². The van der Waals surface area contributed by atoms with Gasteiger partial charge in [-0.1, -0.05) is 17.3 Å². The van der Waals surface area contributed by atoms with E-state index in [1.54, 1.807) is 16.8 Å². The third-order valence-corrected chi connectivity index (χ3v) is 6.95. The highest BCUT2D eigenvalue weighted by molar-refractivity contribution is 6.09. The normalized spacial score (nSPS) is 19.2. The molecule has 1 saturated carbocycles. The molecule has 39 heavy (non-hydrogen) atoms. The van der Waals surface area contributed by atoms with Gasteiger partial charge < -0.3 is 19.5 Å². The van der Waals surface area contributed by atoms with Gasteiger partial charge in [0.25, 0.3) is 5.91 Å². The standard InChI is InChI=1S/C28H29FN6O4/c1-15-5-6-16(24-32-26(39-33-24)19-11-21(19)29)9-22(15)31-25(36)20-12-30-35-8-7-18(10-23(20)35)34-13-17(14-34)27(37)38-28(2,3)4/h5-10,12,17,19,21H,11,13-14H2,1-4H3,(H,31,36)/t19-,21-/m0/s1. The highest BCUT2D eigenvalue weighted by Gasteiger charge is 2.43. The van der Waals surface area contributed by atoms with Gasteiger partial charge >= 0.3 is 5.97 Å². The number of pyridine rings is 1. The van der Waals surface area contributed by atoms with Crippen molar-refractivity contribution in [2.75, 3.05) is 23.3 Å². The minimum atomic E-state index is -0.926. The number of hydrogen-bond donors (Lipinski definition) is 1. The van der Waals surface area contributed by atoms with E-state index in [9.17, 15) is 14.0 Å². The van der Waals surface area contributed by atoms with Gasteiger partial charge in [0.2, 0.25) is 11.7 Å². The van der Waals surface area contributed by atoms with Crippen molar-refractivity contribution in [3.63, 3.8) is 0 Å². The van der Waals surface area contributed by atoms with Crippen LogP contribution in [0.25, 0.3) is 16.9 Å². The molecule has 3 aromatic heterocycles. The zero-order chi connectivity index (χ0) is 27.5. The van der Waals surface area contributed by atoms with Crippen molar-refractivity contribution in [2.24, 2.45) is 5.92 Å². The van der Waals surface area contributed by atoms with Gasteiger partial charge in [-0.05, 0) is 57.9 Å². The van der Waals surface area contributed by atoms with Crippen molar-refractivity contribution >= 4 is 28.8 Å². The van der Waals surface area contributed by atoms with Gasteiger partial charge in [0.15, 0.2) is 0 Å². The van der Waals surface area contributed by atoms with Crippen molar-refractivity contribution in [1.29, 1.82) is 0 Å². The average molecular weight is 533 g/mol. The molecule has 1 amide bonds. The molecule has 6 rings (SSSR count). The number of anilines is 2. The molecule has 0 radical (unpaired) electrons. The van der Waals surface area contributed by atoms with Crippen LogP contribution in [0.3, 0.4) is 0 Å². The summed E-state index contributed by atoms with van der Waals surface area (Å²) in [4.78, 5) is 32.1. The Kier molecular flexibility index (Phi) is 5.89. The lowest BCUT2D eigenvalue weighted by Crippen LogP contribution is -2.52. The number of nitrogens with zero attached hydrogens (tertiary/aromatic N) is 5. The molecule has 2 fully saturated rings. The van der Waals surface area contributed by atoms with E-state index in [1.807, 2.05) is 52.0 Å². The number of nitrogens with one attached hydrogen (secondary N) is 1. The Morgan fingerprint density at radius 2 is 1.95 bits per heavy atom. The van der Waals surface area contributed by atoms with Crippen LogP contribution >= 0.6 is 0 Å². The lowest BCUT2D eigenvalue weighted by Gasteiger charge is -2.40. The second-order valence-electron chi connectivity index (χ2n) is 11.2. The summed E-state index contributed by atoms with van der Waals surface area (Å²) in [7, 11) is 0. The molecule has 2 atom stereocenters. The fourth-order valence-corrected chi connectivity index (χ4v) is 4.57. The number of rotatable bonds is 6. The zero-order valence-electron chi connectivity index (χ0n) is 22.1. The lowest BCUT2D eigenvalue weighted by molar-refractivity contribution is -0.160. The fourth-order valence-electron chi connectivity index (χ4n) is 4.57. The van der Waals surface area contributed by atoms with Crippen LogP contribution in [-0.4, -0.2) is 56.5 Å². The van der Waals surface area contributed by atoms with Crippen LogP contribution in [0, 0.1) is 12.8 Å². The minimum Gasteiger partial charge on any atom is -0.460 e. The van der Waals surface area contributed by atoms with Gasteiger partial charge in [0.1, 0.15) is 11.8 Å². The number of fused-ring (bicyclic) bond motifs is 1. The van der Waals surface area contributed by atoms with Gasteiger partial charge in [-0.15, -0.1) is 0 Å². The molecule has 4 aromatic rings. The number of aryl methyl sites for hydroxylation is 1. The van der Waals surface area contributed by atoms with Gasteiger partial charge in [-0.25, -0.2) is 8.91 Å². The van der Waals surface area contributed by atoms with E-state index in [0.29, 0.717) is 53.6 Å². The number of carbonyl (C=O) groups is 2. The summed E-state index contributed by atoms with van der Waals surface area (Å²) in [5.41, 5.74) is 3.54. The van der Waals surface area contributed by atoms with Crippen molar-refractivity contribution in [3.05, 3.63) is 59.7 Å². The Hall–Kier alpha value is -4.28. The highest BCUT2D eigenvalue weighted by Crippen LogP contribution is 2.43. The van der Waals surface area contributed by atoms with Crippen LogP contribution in [0.2, 0.25) is 0 Å². The molecule has 1 aliphatic carbocycles. The van der Waals surface area contributed by atoms with Gasteiger partial charge in [0, 0.05) is 36.2 Å². The Morgan fingerprint density at radius 3 is 2.67 bits per heavy atom. The molecule has 0 bridgehead atoms.